The lowest BCUT2D eigenvalue weighted by Crippen LogP contribution is -2.28. The molecule has 1 rings (SSSR count). The van der Waals surface area contributed by atoms with Gasteiger partial charge in [-0.3, -0.25) is 0 Å². The van der Waals surface area contributed by atoms with E-state index in [0.29, 0.717) is 5.56 Å². The molecule has 0 saturated heterocycles. The van der Waals surface area contributed by atoms with Crippen LogP contribution in [0.4, 0.5) is 5.82 Å². The minimum atomic E-state index is 0.624. The van der Waals surface area contributed by atoms with E-state index in [9.17, 15) is 0 Å². The molecule has 0 aliphatic heterocycles. The summed E-state index contributed by atoms with van der Waals surface area (Å²) in [7, 11) is 3.85. The minimum Gasteiger partial charge on any atom is -0.357 e. The molecule has 0 spiro atoms. The fraction of sp³-hybridized carbons (Fsp3) is 0.455. The summed E-state index contributed by atoms with van der Waals surface area (Å²) in [6.07, 6.45) is 0. The lowest BCUT2D eigenvalue weighted by atomic mass is 10.2. The SMILES string of the molecule is CNCCN(C)c1nc(C)ccc1C#N. The Morgan fingerprint density at radius 3 is 2.87 bits per heavy atom. The summed E-state index contributed by atoms with van der Waals surface area (Å²) in [6, 6.07) is 5.82. The van der Waals surface area contributed by atoms with Crippen LogP contribution in [0.3, 0.4) is 0 Å². The topological polar surface area (TPSA) is 52.0 Å². The number of nitrogens with one attached hydrogen (secondary N) is 1. The molecule has 1 N–H and O–H groups in total. The molecule has 15 heavy (non-hydrogen) atoms. The maximum Gasteiger partial charge on any atom is 0.146 e. The van der Waals surface area contributed by atoms with Crippen LogP contribution in [0.5, 0.6) is 0 Å². The molecule has 1 aromatic rings. The van der Waals surface area contributed by atoms with Gasteiger partial charge < -0.3 is 10.2 Å². The first kappa shape index (κ1) is 11.5. The third-order valence-corrected chi connectivity index (χ3v) is 2.19. The predicted octanol–water partition coefficient (Wildman–Crippen LogP) is 0.917. The fourth-order valence-corrected chi connectivity index (χ4v) is 1.31. The number of hydrogen-bond acceptors (Lipinski definition) is 4. The Kier molecular flexibility index (Phi) is 4.07. The van der Waals surface area contributed by atoms with E-state index in [4.69, 9.17) is 5.26 Å². The van der Waals surface area contributed by atoms with E-state index in [0.717, 1.165) is 24.6 Å². The van der Waals surface area contributed by atoms with Crippen LogP contribution in [0.15, 0.2) is 12.1 Å². The van der Waals surface area contributed by atoms with Crippen molar-refractivity contribution in [2.75, 3.05) is 32.1 Å². The normalized spacial score (nSPS) is 9.73. The fourth-order valence-electron chi connectivity index (χ4n) is 1.31. The van der Waals surface area contributed by atoms with Crippen LogP contribution >= 0.6 is 0 Å². The van der Waals surface area contributed by atoms with Gasteiger partial charge in [0.15, 0.2) is 0 Å². The Balaban J connectivity index is 2.91. The monoisotopic (exact) mass is 204 g/mol. The van der Waals surface area contributed by atoms with Crippen molar-refractivity contribution in [1.29, 1.82) is 5.26 Å². The summed E-state index contributed by atoms with van der Waals surface area (Å²) in [4.78, 5) is 6.36. The zero-order valence-corrected chi connectivity index (χ0v) is 9.41. The molecule has 0 unspecified atom stereocenters. The molecule has 0 aromatic carbocycles. The maximum atomic E-state index is 8.95. The van der Waals surface area contributed by atoms with Crippen LogP contribution in [0.1, 0.15) is 11.3 Å². The van der Waals surface area contributed by atoms with Gasteiger partial charge in [-0.15, -0.1) is 0 Å². The molecule has 0 saturated carbocycles. The molecule has 0 bridgehead atoms. The summed E-state index contributed by atoms with van der Waals surface area (Å²) in [5, 5.41) is 12.0. The standard InChI is InChI=1S/C11H16N4/c1-9-4-5-10(8-12)11(14-9)15(3)7-6-13-2/h4-5,13H,6-7H2,1-3H3. The third kappa shape index (κ3) is 2.93. The molecule has 0 atom stereocenters. The maximum absolute atomic E-state index is 8.95. The molecule has 1 heterocycles. The van der Waals surface area contributed by atoms with E-state index in [1.54, 1.807) is 0 Å². The van der Waals surface area contributed by atoms with E-state index in [-0.39, 0.29) is 0 Å². The highest BCUT2D eigenvalue weighted by Gasteiger charge is 2.08. The van der Waals surface area contributed by atoms with Gasteiger partial charge in [-0.2, -0.15) is 5.26 Å². The Morgan fingerprint density at radius 1 is 1.53 bits per heavy atom. The molecule has 80 valence electrons. The number of hydrogen-bond donors (Lipinski definition) is 1. The average Bonchev–Trinajstić information content (AvgIpc) is 2.25. The van der Waals surface area contributed by atoms with Crippen molar-refractivity contribution >= 4 is 5.82 Å². The number of pyridine rings is 1. The van der Waals surface area contributed by atoms with Crippen molar-refractivity contribution in [2.24, 2.45) is 0 Å². The molecular formula is C11H16N4. The van der Waals surface area contributed by atoms with Gasteiger partial charge in [0.05, 0.1) is 5.56 Å². The second-order valence-electron chi connectivity index (χ2n) is 3.46. The highest BCUT2D eigenvalue weighted by molar-refractivity contribution is 5.53. The Labute approximate surface area is 90.5 Å². The average molecular weight is 204 g/mol. The van der Waals surface area contributed by atoms with Crippen molar-refractivity contribution in [3.63, 3.8) is 0 Å². The summed E-state index contributed by atoms with van der Waals surface area (Å²) < 4.78 is 0. The first-order valence-corrected chi connectivity index (χ1v) is 4.92. The number of rotatable bonds is 4. The third-order valence-electron chi connectivity index (χ3n) is 2.19. The lowest BCUT2D eigenvalue weighted by Gasteiger charge is -2.19. The van der Waals surface area contributed by atoms with E-state index in [1.165, 1.54) is 0 Å². The van der Waals surface area contributed by atoms with Gasteiger partial charge in [0, 0.05) is 25.8 Å². The summed E-state index contributed by atoms with van der Waals surface area (Å²) in [5.74, 6) is 0.757. The van der Waals surface area contributed by atoms with Crippen LogP contribution in [0.2, 0.25) is 0 Å². The van der Waals surface area contributed by atoms with Gasteiger partial charge in [0.1, 0.15) is 11.9 Å². The van der Waals surface area contributed by atoms with Gasteiger partial charge in [-0.1, -0.05) is 0 Å². The number of anilines is 1. The summed E-state index contributed by atoms with van der Waals surface area (Å²) >= 11 is 0. The largest absolute Gasteiger partial charge is 0.357 e. The first-order chi connectivity index (χ1) is 7.19. The highest BCUT2D eigenvalue weighted by Crippen LogP contribution is 2.15. The second-order valence-corrected chi connectivity index (χ2v) is 3.46. The van der Waals surface area contributed by atoms with Crippen molar-refractivity contribution in [1.82, 2.24) is 10.3 Å². The molecule has 0 radical (unpaired) electrons. The smallest absolute Gasteiger partial charge is 0.146 e. The zero-order chi connectivity index (χ0) is 11.3. The number of nitrogens with zero attached hydrogens (tertiary/aromatic N) is 3. The van der Waals surface area contributed by atoms with Crippen molar-refractivity contribution in [2.45, 2.75) is 6.92 Å². The van der Waals surface area contributed by atoms with Crippen LogP contribution in [0, 0.1) is 18.3 Å². The molecular weight excluding hydrogens is 188 g/mol. The van der Waals surface area contributed by atoms with Crippen LogP contribution in [-0.2, 0) is 0 Å². The van der Waals surface area contributed by atoms with Gasteiger partial charge in [0.25, 0.3) is 0 Å². The van der Waals surface area contributed by atoms with Crippen molar-refractivity contribution in [3.05, 3.63) is 23.4 Å². The van der Waals surface area contributed by atoms with Gasteiger partial charge in [0.2, 0.25) is 0 Å². The quantitative estimate of drug-likeness (QED) is 0.792. The molecule has 4 heteroatoms. The van der Waals surface area contributed by atoms with E-state index in [2.05, 4.69) is 16.4 Å². The zero-order valence-electron chi connectivity index (χ0n) is 9.41. The molecule has 0 aliphatic rings. The molecule has 1 aromatic heterocycles. The first-order valence-electron chi connectivity index (χ1n) is 4.92. The number of aryl methyl sites for hydroxylation is 1. The number of nitriles is 1. The lowest BCUT2D eigenvalue weighted by molar-refractivity contribution is 0.760. The number of likely N-dealkylation sites (N-methyl/N-ethyl adjacent to an activating group) is 2. The molecule has 4 nitrogen and oxygen atoms in total. The predicted molar refractivity (Wildman–Crippen MR) is 60.9 cm³/mol. The summed E-state index contributed by atoms with van der Waals surface area (Å²) in [5.41, 5.74) is 1.56. The summed E-state index contributed by atoms with van der Waals surface area (Å²) in [6.45, 7) is 3.63. The minimum absolute atomic E-state index is 0.624. The highest BCUT2D eigenvalue weighted by atomic mass is 15.2. The van der Waals surface area contributed by atoms with Crippen LogP contribution in [0.25, 0.3) is 0 Å². The van der Waals surface area contributed by atoms with Crippen molar-refractivity contribution < 1.29 is 0 Å². The van der Waals surface area contributed by atoms with Gasteiger partial charge in [-0.05, 0) is 26.1 Å². The molecule has 0 amide bonds. The van der Waals surface area contributed by atoms with Crippen LogP contribution < -0.4 is 10.2 Å². The van der Waals surface area contributed by atoms with Crippen molar-refractivity contribution in [3.8, 4) is 6.07 Å². The van der Waals surface area contributed by atoms with E-state index < -0.39 is 0 Å². The van der Waals surface area contributed by atoms with Gasteiger partial charge in [-0.25, -0.2) is 4.98 Å². The molecule has 0 aliphatic carbocycles. The molecule has 0 fully saturated rings. The Hall–Kier alpha value is -1.60. The van der Waals surface area contributed by atoms with Gasteiger partial charge >= 0.3 is 0 Å². The Bertz CT molecular complexity index is 367. The number of aromatic nitrogens is 1. The second kappa shape index (κ2) is 5.32. The van der Waals surface area contributed by atoms with E-state index >= 15 is 0 Å². The van der Waals surface area contributed by atoms with E-state index in [1.807, 2.05) is 38.1 Å². The Morgan fingerprint density at radius 2 is 2.27 bits per heavy atom. The van der Waals surface area contributed by atoms with Crippen LogP contribution in [-0.4, -0.2) is 32.2 Å².